The summed E-state index contributed by atoms with van der Waals surface area (Å²) >= 11 is 7.77. The molecule has 5 nitrogen and oxygen atoms in total. The summed E-state index contributed by atoms with van der Waals surface area (Å²) in [6.45, 7) is 0. The number of rotatable bonds is 3. The zero-order valence-electron chi connectivity index (χ0n) is 13.7. The fraction of sp³-hybridized carbons (Fsp3) is 0.0526. The van der Waals surface area contributed by atoms with Gasteiger partial charge in [0.05, 0.1) is 18.3 Å². The highest BCUT2D eigenvalue weighted by molar-refractivity contribution is 7.13. The molecule has 0 aliphatic heterocycles. The molecule has 7 heteroatoms. The van der Waals surface area contributed by atoms with Gasteiger partial charge in [0.2, 0.25) is 0 Å². The van der Waals surface area contributed by atoms with Gasteiger partial charge in [0, 0.05) is 51.4 Å². The van der Waals surface area contributed by atoms with E-state index in [-0.39, 0.29) is 0 Å². The number of hydrogen-bond acceptors (Lipinski definition) is 4. The van der Waals surface area contributed by atoms with Crippen molar-refractivity contribution in [1.82, 2.24) is 19.9 Å². The molecule has 0 atom stereocenters. The molecule has 26 heavy (non-hydrogen) atoms. The molecule has 0 amide bonds. The third-order valence-corrected chi connectivity index (χ3v) is 5.62. The van der Waals surface area contributed by atoms with Crippen molar-refractivity contribution >= 4 is 44.7 Å². The van der Waals surface area contributed by atoms with Crippen LogP contribution in [0.4, 0.5) is 0 Å². The molecule has 1 aromatic carbocycles. The molecule has 2 N–H and O–H groups in total. The minimum atomic E-state index is 0.466. The fourth-order valence-corrected chi connectivity index (χ4v) is 4.22. The summed E-state index contributed by atoms with van der Waals surface area (Å²) in [5.41, 5.74) is 4.88. The summed E-state index contributed by atoms with van der Waals surface area (Å²) < 4.78 is 5.35. The van der Waals surface area contributed by atoms with Crippen molar-refractivity contribution in [2.24, 2.45) is 0 Å². The topological polar surface area (TPSA) is 66.6 Å². The van der Waals surface area contributed by atoms with E-state index < -0.39 is 0 Å². The number of methoxy groups -OCH3 is 1. The van der Waals surface area contributed by atoms with Crippen LogP contribution < -0.4 is 4.74 Å². The van der Waals surface area contributed by atoms with Crippen LogP contribution in [0.15, 0.2) is 48.2 Å². The van der Waals surface area contributed by atoms with Crippen LogP contribution in [-0.4, -0.2) is 27.0 Å². The van der Waals surface area contributed by atoms with Crippen LogP contribution in [-0.2, 0) is 0 Å². The van der Waals surface area contributed by atoms with Gasteiger partial charge in [-0.3, -0.25) is 0 Å². The Morgan fingerprint density at radius 2 is 1.96 bits per heavy atom. The van der Waals surface area contributed by atoms with E-state index in [1.807, 2.05) is 36.7 Å². The first kappa shape index (κ1) is 15.4. The second-order valence-corrected chi connectivity index (χ2v) is 7.09. The third-order valence-electron chi connectivity index (χ3n) is 4.46. The van der Waals surface area contributed by atoms with Gasteiger partial charge in [0.25, 0.3) is 0 Å². The Bertz CT molecular complexity index is 1250. The third kappa shape index (κ3) is 2.30. The molecular weight excluding hydrogens is 368 g/mol. The summed E-state index contributed by atoms with van der Waals surface area (Å²) in [6.07, 6.45) is 5.62. The summed E-state index contributed by atoms with van der Waals surface area (Å²) in [7, 11) is 1.67. The lowest BCUT2D eigenvalue weighted by Gasteiger charge is -2.00. The number of H-pyrrole nitrogens is 2. The molecule has 4 heterocycles. The van der Waals surface area contributed by atoms with E-state index in [0.29, 0.717) is 5.15 Å². The lowest BCUT2D eigenvalue weighted by molar-refractivity contribution is 0.415. The van der Waals surface area contributed by atoms with Crippen LogP contribution in [0.25, 0.3) is 43.6 Å². The van der Waals surface area contributed by atoms with Crippen molar-refractivity contribution in [3.63, 3.8) is 0 Å². The van der Waals surface area contributed by atoms with Crippen LogP contribution in [0.3, 0.4) is 0 Å². The molecule has 0 saturated carbocycles. The molecule has 0 aliphatic carbocycles. The van der Waals surface area contributed by atoms with E-state index in [0.717, 1.165) is 49.4 Å². The number of fused-ring (bicyclic) bond motifs is 2. The van der Waals surface area contributed by atoms with Gasteiger partial charge in [-0.15, -0.1) is 11.3 Å². The van der Waals surface area contributed by atoms with E-state index in [9.17, 15) is 0 Å². The summed E-state index contributed by atoms with van der Waals surface area (Å²) in [4.78, 5) is 15.5. The molecule has 0 spiro atoms. The lowest BCUT2D eigenvalue weighted by atomic mass is 10.1. The maximum absolute atomic E-state index is 6.16. The number of aromatic nitrogens is 4. The van der Waals surface area contributed by atoms with E-state index in [2.05, 4.69) is 20.3 Å². The SMILES string of the molecule is COc1ccc2[nH]cc(-c3nc(-c4c[nH]c5c(Cl)nccc45)cs3)c2c1. The van der Waals surface area contributed by atoms with Crippen molar-refractivity contribution in [1.29, 1.82) is 0 Å². The summed E-state index contributed by atoms with van der Waals surface area (Å²) in [6, 6.07) is 7.93. The molecule has 128 valence electrons. The van der Waals surface area contributed by atoms with E-state index >= 15 is 0 Å². The van der Waals surface area contributed by atoms with Crippen LogP contribution in [0, 0.1) is 0 Å². The Hall–Kier alpha value is -2.83. The monoisotopic (exact) mass is 380 g/mol. The van der Waals surface area contributed by atoms with Crippen molar-refractivity contribution in [3.8, 4) is 27.6 Å². The van der Waals surface area contributed by atoms with Crippen molar-refractivity contribution < 1.29 is 4.74 Å². The largest absolute Gasteiger partial charge is 0.497 e. The van der Waals surface area contributed by atoms with Gasteiger partial charge in [-0.05, 0) is 24.3 Å². The Labute approximate surface area is 157 Å². The van der Waals surface area contributed by atoms with E-state index in [1.54, 1.807) is 24.6 Å². The van der Waals surface area contributed by atoms with Crippen molar-refractivity contribution in [3.05, 3.63) is 53.4 Å². The zero-order valence-corrected chi connectivity index (χ0v) is 15.3. The van der Waals surface area contributed by atoms with E-state index in [4.69, 9.17) is 21.3 Å². The molecule has 5 aromatic rings. The molecule has 0 radical (unpaired) electrons. The normalized spacial score (nSPS) is 11.5. The summed E-state index contributed by atoms with van der Waals surface area (Å²) in [5.74, 6) is 0.828. The van der Waals surface area contributed by atoms with Gasteiger partial charge in [0.15, 0.2) is 5.15 Å². The minimum Gasteiger partial charge on any atom is -0.497 e. The number of benzene rings is 1. The van der Waals surface area contributed by atoms with Gasteiger partial charge in [-0.2, -0.15) is 0 Å². The van der Waals surface area contributed by atoms with Crippen LogP contribution in [0.2, 0.25) is 5.15 Å². The number of pyridine rings is 1. The molecule has 4 aromatic heterocycles. The molecule has 0 fully saturated rings. The first-order valence-electron chi connectivity index (χ1n) is 7.97. The molecule has 0 bridgehead atoms. The number of nitrogens with one attached hydrogen (secondary N) is 2. The predicted octanol–water partition coefficient (Wildman–Crippen LogP) is 5.50. The Morgan fingerprint density at radius 3 is 2.85 bits per heavy atom. The first-order valence-corrected chi connectivity index (χ1v) is 9.23. The van der Waals surface area contributed by atoms with Gasteiger partial charge in [0.1, 0.15) is 10.8 Å². The van der Waals surface area contributed by atoms with Crippen LogP contribution in [0.5, 0.6) is 5.75 Å². The fourth-order valence-electron chi connectivity index (χ4n) is 3.16. The molecule has 5 rings (SSSR count). The second-order valence-electron chi connectivity index (χ2n) is 5.88. The Balaban J connectivity index is 1.63. The Kier molecular flexibility index (Phi) is 3.48. The van der Waals surface area contributed by atoms with Gasteiger partial charge in [-0.25, -0.2) is 9.97 Å². The number of ether oxygens (including phenoxy) is 1. The number of aromatic amines is 2. The minimum absolute atomic E-state index is 0.466. The second kappa shape index (κ2) is 5.86. The Morgan fingerprint density at radius 1 is 1.08 bits per heavy atom. The number of hydrogen-bond donors (Lipinski definition) is 2. The van der Waals surface area contributed by atoms with Crippen LogP contribution >= 0.6 is 22.9 Å². The number of nitrogens with zero attached hydrogens (tertiary/aromatic N) is 2. The highest BCUT2D eigenvalue weighted by Gasteiger charge is 2.15. The molecule has 0 saturated heterocycles. The maximum Gasteiger partial charge on any atom is 0.153 e. The van der Waals surface area contributed by atoms with Gasteiger partial charge in [-0.1, -0.05) is 11.6 Å². The van der Waals surface area contributed by atoms with Crippen molar-refractivity contribution in [2.45, 2.75) is 0 Å². The maximum atomic E-state index is 6.16. The molecule has 0 aliphatic rings. The van der Waals surface area contributed by atoms with Crippen LogP contribution in [0.1, 0.15) is 0 Å². The van der Waals surface area contributed by atoms with Gasteiger partial charge < -0.3 is 14.7 Å². The first-order chi connectivity index (χ1) is 12.7. The molecule has 0 unspecified atom stereocenters. The number of halogens is 1. The average molecular weight is 381 g/mol. The smallest absolute Gasteiger partial charge is 0.153 e. The predicted molar refractivity (Wildman–Crippen MR) is 106 cm³/mol. The van der Waals surface area contributed by atoms with E-state index in [1.165, 1.54) is 0 Å². The quantitative estimate of drug-likeness (QED) is 0.406. The number of thiazole rings is 1. The standard InChI is InChI=1S/C19H13ClN4OS/c1-25-10-2-3-15-12(6-10)14(8-22-15)19-24-16(9-26-19)13-7-23-17-11(13)4-5-21-18(17)20/h2-9,22-23H,1H3. The highest BCUT2D eigenvalue weighted by Crippen LogP contribution is 2.37. The van der Waals surface area contributed by atoms with Crippen molar-refractivity contribution in [2.75, 3.05) is 7.11 Å². The lowest BCUT2D eigenvalue weighted by Crippen LogP contribution is -1.82. The van der Waals surface area contributed by atoms with Gasteiger partial charge >= 0.3 is 0 Å². The highest BCUT2D eigenvalue weighted by atomic mass is 35.5. The zero-order chi connectivity index (χ0) is 17.7. The molecular formula is C19H13ClN4OS. The summed E-state index contributed by atoms with van der Waals surface area (Å²) in [5, 5.41) is 5.59. The average Bonchev–Trinajstić information content (AvgIpc) is 3.38.